The molecule has 0 saturated heterocycles. The molecule has 0 saturated carbocycles. The maximum atomic E-state index is 13.6. The van der Waals surface area contributed by atoms with Crippen molar-refractivity contribution >= 4 is 27.4 Å². The Morgan fingerprint density at radius 1 is 1.20 bits per heavy atom. The molecule has 2 N–H and O–H groups in total. The average molecular weight is 286 g/mol. The molecule has 4 rings (SSSR count). The lowest BCUT2D eigenvalue weighted by Crippen LogP contribution is -1.96. The maximum Gasteiger partial charge on any atom is 0.203 e. The Morgan fingerprint density at radius 2 is 2.10 bits per heavy atom. The fourth-order valence-corrected chi connectivity index (χ4v) is 3.51. The second-order valence-electron chi connectivity index (χ2n) is 4.87. The first-order valence-electron chi connectivity index (χ1n) is 6.43. The molecule has 20 heavy (non-hydrogen) atoms. The molecule has 0 bridgehead atoms. The van der Waals surface area contributed by atoms with E-state index in [-0.39, 0.29) is 5.82 Å². The van der Waals surface area contributed by atoms with Gasteiger partial charge in [0.15, 0.2) is 5.01 Å². The number of aromatic nitrogens is 3. The van der Waals surface area contributed by atoms with Gasteiger partial charge in [0.2, 0.25) is 5.13 Å². The molecule has 0 unspecified atom stereocenters. The predicted molar refractivity (Wildman–Crippen MR) is 77.0 cm³/mol. The lowest BCUT2D eigenvalue weighted by atomic mass is 10.0. The third kappa shape index (κ3) is 1.68. The van der Waals surface area contributed by atoms with Gasteiger partial charge in [-0.25, -0.2) is 4.39 Å². The fraction of sp³-hybridized carbons (Fsp3) is 0.214. The molecule has 2 aromatic heterocycles. The second kappa shape index (κ2) is 4.21. The molecular formula is C14H11FN4S. The summed E-state index contributed by atoms with van der Waals surface area (Å²) in [7, 11) is 0. The van der Waals surface area contributed by atoms with Crippen LogP contribution in [-0.2, 0) is 12.8 Å². The van der Waals surface area contributed by atoms with Gasteiger partial charge in [-0.3, -0.25) is 4.98 Å². The van der Waals surface area contributed by atoms with E-state index in [9.17, 15) is 4.39 Å². The minimum absolute atomic E-state index is 0.268. The van der Waals surface area contributed by atoms with Gasteiger partial charge < -0.3 is 5.73 Å². The van der Waals surface area contributed by atoms with Crippen molar-refractivity contribution in [2.24, 2.45) is 0 Å². The summed E-state index contributed by atoms with van der Waals surface area (Å²) in [6, 6.07) is 4.68. The number of nitrogen functional groups attached to an aromatic ring is 1. The van der Waals surface area contributed by atoms with E-state index in [0.29, 0.717) is 5.13 Å². The Labute approximate surface area is 118 Å². The number of hydrogen-bond acceptors (Lipinski definition) is 5. The van der Waals surface area contributed by atoms with Crippen molar-refractivity contribution in [2.45, 2.75) is 19.3 Å². The zero-order valence-corrected chi connectivity index (χ0v) is 11.4. The summed E-state index contributed by atoms with van der Waals surface area (Å²) in [6.07, 6.45) is 2.98. The number of halogens is 1. The number of fused-ring (bicyclic) bond motifs is 2. The van der Waals surface area contributed by atoms with Crippen LogP contribution in [0.1, 0.15) is 17.7 Å². The van der Waals surface area contributed by atoms with E-state index in [4.69, 9.17) is 5.73 Å². The Balaban J connectivity index is 2.12. The van der Waals surface area contributed by atoms with Crippen LogP contribution in [0.3, 0.4) is 0 Å². The molecule has 1 aromatic carbocycles. The van der Waals surface area contributed by atoms with E-state index >= 15 is 0 Å². The normalized spacial score (nSPS) is 13.8. The summed E-state index contributed by atoms with van der Waals surface area (Å²) in [5.41, 5.74) is 9.70. The Morgan fingerprint density at radius 3 is 2.90 bits per heavy atom. The number of pyridine rings is 1. The molecule has 1 aliphatic rings. The highest BCUT2D eigenvalue weighted by Gasteiger charge is 2.22. The van der Waals surface area contributed by atoms with Gasteiger partial charge in [-0.2, -0.15) is 0 Å². The van der Waals surface area contributed by atoms with Crippen molar-refractivity contribution in [3.63, 3.8) is 0 Å². The van der Waals surface area contributed by atoms with Gasteiger partial charge in [0.25, 0.3) is 0 Å². The average Bonchev–Trinajstić information content (AvgIpc) is 3.04. The van der Waals surface area contributed by atoms with Gasteiger partial charge in [-0.05, 0) is 43.0 Å². The minimum Gasteiger partial charge on any atom is -0.374 e. The first-order valence-corrected chi connectivity index (χ1v) is 7.24. The molecule has 3 aromatic rings. The maximum absolute atomic E-state index is 13.6. The van der Waals surface area contributed by atoms with Crippen LogP contribution in [-0.4, -0.2) is 15.2 Å². The lowest BCUT2D eigenvalue weighted by Gasteiger charge is -2.09. The summed E-state index contributed by atoms with van der Waals surface area (Å²) in [6.45, 7) is 0. The number of rotatable bonds is 1. The van der Waals surface area contributed by atoms with Gasteiger partial charge in [0.1, 0.15) is 5.82 Å². The molecular weight excluding hydrogens is 275 g/mol. The van der Waals surface area contributed by atoms with Gasteiger partial charge in [0.05, 0.1) is 5.52 Å². The van der Waals surface area contributed by atoms with Crippen molar-refractivity contribution in [3.8, 4) is 10.6 Å². The van der Waals surface area contributed by atoms with E-state index in [1.807, 2.05) is 0 Å². The van der Waals surface area contributed by atoms with Crippen molar-refractivity contribution < 1.29 is 4.39 Å². The van der Waals surface area contributed by atoms with Crippen molar-refractivity contribution in [1.82, 2.24) is 15.2 Å². The first kappa shape index (κ1) is 11.7. The standard InChI is InChI=1S/C14H11FN4S/c15-7-4-5-11-9(6-7)12(13-18-19-14(16)20-13)8-2-1-3-10(8)17-11/h4-6H,1-3H2,(H2,16,19). The highest BCUT2D eigenvalue weighted by Crippen LogP contribution is 2.38. The van der Waals surface area contributed by atoms with Crippen LogP contribution in [0.25, 0.3) is 21.5 Å². The smallest absolute Gasteiger partial charge is 0.203 e. The number of hydrogen-bond donors (Lipinski definition) is 1. The highest BCUT2D eigenvalue weighted by atomic mass is 32.1. The summed E-state index contributed by atoms with van der Waals surface area (Å²) in [5, 5.41) is 9.98. The third-order valence-corrected chi connectivity index (χ3v) is 4.40. The van der Waals surface area contributed by atoms with Gasteiger partial charge in [0, 0.05) is 16.6 Å². The molecule has 0 aliphatic heterocycles. The van der Waals surface area contributed by atoms with Crippen LogP contribution < -0.4 is 5.73 Å². The van der Waals surface area contributed by atoms with Crippen LogP contribution in [0.15, 0.2) is 18.2 Å². The van der Waals surface area contributed by atoms with Gasteiger partial charge >= 0.3 is 0 Å². The number of nitrogens with zero attached hydrogens (tertiary/aromatic N) is 3. The van der Waals surface area contributed by atoms with Crippen molar-refractivity contribution in [1.29, 1.82) is 0 Å². The topological polar surface area (TPSA) is 64.7 Å². The van der Waals surface area contributed by atoms with Gasteiger partial charge in [-0.1, -0.05) is 11.3 Å². The SMILES string of the molecule is Nc1nnc(-c2c3c(nc4ccc(F)cc24)CCC3)s1. The van der Waals surface area contributed by atoms with E-state index in [2.05, 4.69) is 15.2 Å². The molecule has 4 nitrogen and oxygen atoms in total. The van der Waals surface area contributed by atoms with E-state index in [0.717, 1.165) is 46.4 Å². The number of anilines is 1. The molecule has 0 spiro atoms. The number of benzene rings is 1. The van der Waals surface area contributed by atoms with Crippen LogP contribution in [0.5, 0.6) is 0 Å². The number of nitrogens with two attached hydrogens (primary N) is 1. The van der Waals surface area contributed by atoms with E-state index in [1.165, 1.54) is 29.0 Å². The third-order valence-electron chi connectivity index (χ3n) is 3.63. The second-order valence-corrected chi connectivity index (χ2v) is 5.88. The first-order chi connectivity index (χ1) is 9.72. The lowest BCUT2D eigenvalue weighted by molar-refractivity contribution is 0.629. The molecule has 2 heterocycles. The van der Waals surface area contributed by atoms with E-state index < -0.39 is 0 Å². The van der Waals surface area contributed by atoms with Crippen LogP contribution in [0.2, 0.25) is 0 Å². The summed E-state index contributed by atoms with van der Waals surface area (Å²) < 4.78 is 13.6. The zero-order valence-electron chi connectivity index (χ0n) is 10.6. The van der Waals surface area contributed by atoms with E-state index in [1.54, 1.807) is 6.07 Å². The monoisotopic (exact) mass is 286 g/mol. The van der Waals surface area contributed by atoms with Crippen molar-refractivity contribution in [2.75, 3.05) is 5.73 Å². The largest absolute Gasteiger partial charge is 0.374 e. The summed E-state index contributed by atoms with van der Waals surface area (Å²) >= 11 is 1.33. The Kier molecular flexibility index (Phi) is 2.47. The van der Waals surface area contributed by atoms with Crippen LogP contribution in [0, 0.1) is 5.82 Å². The Hall–Kier alpha value is -2.08. The van der Waals surface area contributed by atoms with Crippen LogP contribution >= 0.6 is 11.3 Å². The highest BCUT2D eigenvalue weighted by molar-refractivity contribution is 7.18. The minimum atomic E-state index is -0.268. The molecule has 0 amide bonds. The van der Waals surface area contributed by atoms with Gasteiger partial charge in [-0.15, -0.1) is 10.2 Å². The number of aryl methyl sites for hydroxylation is 1. The molecule has 1 aliphatic carbocycles. The quantitative estimate of drug-likeness (QED) is 0.747. The summed E-state index contributed by atoms with van der Waals surface area (Å²) in [5.74, 6) is -0.268. The summed E-state index contributed by atoms with van der Waals surface area (Å²) in [4.78, 5) is 4.65. The van der Waals surface area contributed by atoms with Crippen LogP contribution in [0.4, 0.5) is 9.52 Å². The molecule has 100 valence electrons. The fourth-order valence-electron chi connectivity index (χ4n) is 2.81. The molecule has 0 atom stereocenters. The molecule has 0 radical (unpaired) electrons. The van der Waals surface area contributed by atoms with Crippen molar-refractivity contribution in [3.05, 3.63) is 35.3 Å². The Bertz CT molecular complexity index is 827. The molecule has 6 heteroatoms. The molecule has 0 fully saturated rings. The zero-order chi connectivity index (χ0) is 13.7. The predicted octanol–water partition coefficient (Wildman–Crippen LogP) is 2.96.